The molecule has 0 saturated heterocycles. The average molecular weight is 480 g/mol. The summed E-state index contributed by atoms with van der Waals surface area (Å²) < 4.78 is 41.3. The number of benzene rings is 2. The first-order valence-corrected chi connectivity index (χ1v) is 10.8. The van der Waals surface area contributed by atoms with Crippen LogP contribution in [0.1, 0.15) is 41.4 Å². The highest BCUT2D eigenvalue weighted by Gasteiger charge is 2.23. The number of hydrogen-bond acceptors (Lipinski definition) is 5. The van der Waals surface area contributed by atoms with Gasteiger partial charge < -0.3 is 14.2 Å². The van der Waals surface area contributed by atoms with Gasteiger partial charge in [0.1, 0.15) is 11.5 Å². The Morgan fingerprint density at radius 1 is 1.15 bits per heavy atom. The van der Waals surface area contributed by atoms with Crippen molar-refractivity contribution in [3.8, 4) is 11.5 Å². The van der Waals surface area contributed by atoms with Crippen molar-refractivity contribution < 1.29 is 32.6 Å². The van der Waals surface area contributed by atoms with E-state index in [1.165, 1.54) is 35.9 Å². The minimum Gasteiger partial charge on any atom is -0.495 e. The molecule has 0 bridgehead atoms. The maximum atomic E-state index is 13.4. The molecule has 0 N–H and O–H groups in total. The molecule has 6 nitrogen and oxygen atoms in total. The van der Waals surface area contributed by atoms with E-state index in [0.29, 0.717) is 39.5 Å². The fraction of sp³-hybridized carbons (Fsp3) is 0.333. The summed E-state index contributed by atoms with van der Waals surface area (Å²) >= 11 is 6.32. The highest BCUT2D eigenvalue weighted by Crippen LogP contribution is 2.35. The summed E-state index contributed by atoms with van der Waals surface area (Å²) in [5.41, 5.74) is 1.90. The van der Waals surface area contributed by atoms with Crippen molar-refractivity contribution >= 4 is 34.4 Å². The number of alkyl halides is 2. The Balaban J connectivity index is 2.05. The molecule has 3 aromatic rings. The van der Waals surface area contributed by atoms with Gasteiger partial charge in [-0.3, -0.25) is 14.2 Å². The van der Waals surface area contributed by atoms with Crippen molar-refractivity contribution in [2.45, 2.75) is 39.7 Å². The van der Waals surface area contributed by atoms with E-state index in [0.717, 1.165) is 12.8 Å². The lowest BCUT2D eigenvalue weighted by Crippen LogP contribution is -2.15. The molecule has 0 amide bonds. The molecule has 0 atom stereocenters. The third-order valence-electron chi connectivity index (χ3n) is 5.22. The van der Waals surface area contributed by atoms with Gasteiger partial charge in [0.05, 0.1) is 30.7 Å². The maximum absolute atomic E-state index is 13.4. The second-order valence-corrected chi connectivity index (χ2v) is 7.77. The Bertz CT molecular complexity index is 1160. The predicted molar refractivity (Wildman–Crippen MR) is 121 cm³/mol. The van der Waals surface area contributed by atoms with Crippen LogP contribution in [0.15, 0.2) is 36.4 Å². The van der Waals surface area contributed by atoms with Gasteiger partial charge in [-0.05, 0) is 55.3 Å². The molecule has 0 fully saturated rings. The number of carbonyl (C=O) groups excluding carboxylic acids is 2. The van der Waals surface area contributed by atoms with Gasteiger partial charge in [-0.1, -0.05) is 24.9 Å². The standard InChI is InChI=1S/C24H24ClF2NO5/c1-4-5-10-32-22(29)12-17-14(2)28(20-13-19(25)21(31-3)11-18(17)20)23(30)15-6-8-16(9-7-15)33-24(26)27/h6-9,11,13,24H,4-5,10,12H2,1-3H3. The molecule has 176 valence electrons. The number of aromatic nitrogens is 1. The molecule has 1 heterocycles. The number of ether oxygens (including phenoxy) is 3. The van der Waals surface area contributed by atoms with Crippen LogP contribution in [0.2, 0.25) is 5.02 Å². The molecule has 0 spiro atoms. The summed E-state index contributed by atoms with van der Waals surface area (Å²) in [6.07, 6.45) is 1.63. The lowest BCUT2D eigenvalue weighted by atomic mass is 10.1. The monoisotopic (exact) mass is 479 g/mol. The van der Waals surface area contributed by atoms with Crippen LogP contribution in [0.3, 0.4) is 0 Å². The summed E-state index contributed by atoms with van der Waals surface area (Å²) in [6, 6.07) is 8.67. The van der Waals surface area contributed by atoms with E-state index in [-0.39, 0.29) is 17.7 Å². The molecule has 9 heteroatoms. The topological polar surface area (TPSA) is 66.8 Å². The molecule has 0 aliphatic heterocycles. The summed E-state index contributed by atoms with van der Waals surface area (Å²) in [6.45, 7) is 1.09. The molecule has 33 heavy (non-hydrogen) atoms. The van der Waals surface area contributed by atoms with Gasteiger partial charge in [0.15, 0.2) is 0 Å². The van der Waals surface area contributed by atoms with Crippen molar-refractivity contribution in [3.63, 3.8) is 0 Å². The number of fused-ring (bicyclic) bond motifs is 1. The zero-order valence-electron chi connectivity index (χ0n) is 18.5. The van der Waals surface area contributed by atoms with E-state index < -0.39 is 18.5 Å². The number of hydrogen-bond donors (Lipinski definition) is 0. The van der Waals surface area contributed by atoms with Crippen molar-refractivity contribution in [3.05, 3.63) is 58.2 Å². The Labute approximate surface area is 195 Å². The molecule has 0 unspecified atom stereocenters. The Morgan fingerprint density at radius 2 is 1.85 bits per heavy atom. The van der Waals surface area contributed by atoms with Crippen LogP contribution >= 0.6 is 11.6 Å². The molecule has 0 saturated carbocycles. The average Bonchev–Trinajstić information content (AvgIpc) is 3.03. The van der Waals surface area contributed by atoms with E-state index in [1.54, 1.807) is 19.1 Å². The SMILES string of the molecule is CCCCOC(=O)Cc1c(C)n(C(=O)c2ccc(OC(F)F)cc2)c2cc(Cl)c(OC)cc12. The third-order valence-corrected chi connectivity index (χ3v) is 5.52. The van der Waals surface area contributed by atoms with Gasteiger partial charge >= 0.3 is 12.6 Å². The third kappa shape index (κ3) is 5.45. The number of esters is 1. The quantitative estimate of drug-likeness (QED) is 0.287. The normalized spacial score (nSPS) is 11.1. The Kier molecular flexibility index (Phi) is 7.92. The minimum atomic E-state index is -2.96. The van der Waals surface area contributed by atoms with Gasteiger partial charge in [0, 0.05) is 16.6 Å². The van der Waals surface area contributed by atoms with Crippen LogP contribution in [0, 0.1) is 6.92 Å². The van der Waals surface area contributed by atoms with Crippen molar-refractivity contribution in [2.24, 2.45) is 0 Å². The summed E-state index contributed by atoms with van der Waals surface area (Å²) in [5.74, 6) is -0.463. The summed E-state index contributed by atoms with van der Waals surface area (Å²) in [4.78, 5) is 25.8. The maximum Gasteiger partial charge on any atom is 0.387 e. The molecule has 2 aromatic carbocycles. The van der Waals surface area contributed by atoms with Crippen LogP contribution in [0.25, 0.3) is 10.9 Å². The molecule has 0 aliphatic rings. The largest absolute Gasteiger partial charge is 0.495 e. The fourth-order valence-corrected chi connectivity index (χ4v) is 3.79. The highest BCUT2D eigenvalue weighted by molar-refractivity contribution is 6.33. The van der Waals surface area contributed by atoms with Gasteiger partial charge in [-0.2, -0.15) is 8.78 Å². The predicted octanol–water partition coefficient (Wildman–Crippen LogP) is 5.79. The number of methoxy groups -OCH3 is 1. The summed E-state index contributed by atoms with van der Waals surface area (Å²) in [7, 11) is 1.48. The Hall–Kier alpha value is -3.13. The number of nitrogens with zero attached hydrogens (tertiary/aromatic N) is 1. The number of unbranched alkanes of at least 4 members (excludes halogenated alkanes) is 1. The first kappa shape index (κ1) is 24.5. The van der Waals surface area contributed by atoms with Gasteiger partial charge in [-0.25, -0.2) is 0 Å². The smallest absolute Gasteiger partial charge is 0.387 e. The van der Waals surface area contributed by atoms with E-state index >= 15 is 0 Å². The van der Waals surface area contributed by atoms with Gasteiger partial charge in [-0.15, -0.1) is 0 Å². The number of carbonyl (C=O) groups is 2. The lowest BCUT2D eigenvalue weighted by molar-refractivity contribution is -0.142. The summed E-state index contributed by atoms with van der Waals surface area (Å²) in [5, 5.41) is 0.932. The van der Waals surface area contributed by atoms with E-state index in [4.69, 9.17) is 21.1 Å². The van der Waals surface area contributed by atoms with E-state index in [9.17, 15) is 18.4 Å². The van der Waals surface area contributed by atoms with Gasteiger partial charge in [0.25, 0.3) is 5.91 Å². The highest BCUT2D eigenvalue weighted by atomic mass is 35.5. The molecule has 1 aromatic heterocycles. The molecular formula is C24H24ClF2NO5. The van der Waals surface area contributed by atoms with Crippen LogP contribution in [0.4, 0.5) is 8.78 Å². The minimum absolute atomic E-state index is 0.0295. The fourth-order valence-electron chi connectivity index (χ4n) is 3.56. The van der Waals surface area contributed by atoms with E-state index in [1.807, 2.05) is 6.92 Å². The molecule has 0 radical (unpaired) electrons. The number of rotatable bonds is 9. The van der Waals surface area contributed by atoms with Crippen LogP contribution in [-0.2, 0) is 16.0 Å². The van der Waals surface area contributed by atoms with Crippen LogP contribution in [-0.4, -0.2) is 36.8 Å². The molecule has 3 rings (SSSR count). The lowest BCUT2D eigenvalue weighted by Gasteiger charge is -2.10. The second kappa shape index (κ2) is 10.7. The zero-order chi connectivity index (χ0) is 24.1. The van der Waals surface area contributed by atoms with Crippen molar-refractivity contribution in [1.29, 1.82) is 0 Å². The van der Waals surface area contributed by atoms with Gasteiger partial charge in [0.2, 0.25) is 0 Å². The molecular weight excluding hydrogens is 456 g/mol. The Morgan fingerprint density at radius 3 is 2.45 bits per heavy atom. The van der Waals surface area contributed by atoms with Crippen LogP contribution in [0.5, 0.6) is 11.5 Å². The zero-order valence-corrected chi connectivity index (χ0v) is 19.2. The van der Waals surface area contributed by atoms with Crippen LogP contribution < -0.4 is 9.47 Å². The van der Waals surface area contributed by atoms with Crippen molar-refractivity contribution in [1.82, 2.24) is 4.57 Å². The first-order valence-electron chi connectivity index (χ1n) is 10.4. The number of halogens is 3. The first-order chi connectivity index (χ1) is 15.8. The van der Waals surface area contributed by atoms with E-state index in [2.05, 4.69) is 4.74 Å². The molecule has 0 aliphatic carbocycles. The van der Waals surface area contributed by atoms with Crippen molar-refractivity contribution in [2.75, 3.05) is 13.7 Å². The second-order valence-electron chi connectivity index (χ2n) is 7.36.